The number of halogens is 3. The molecule has 2 saturated carbocycles. The van der Waals surface area contributed by atoms with E-state index in [0.717, 1.165) is 30.5 Å². The summed E-state index contributed by atoms with van der Waals surface area (Å²) in [6.45, 7) is 0. The predicted octanol–water partition coefficient (Wildman–Crippen LogP) is 5.21. The molecule has 7 heteroatoms. The molecule has 0 aromatic heterocycles. The van der Waals surface area contributed by atoms with Crippen LogP contribution in [0.15, 0.2) is 48.5 Å². The van der Waals surface area contributed by atoms with Crippen molar-refractivity contribution in [3.05, 3.63) is 59.7 Å². The molecule has 3 unspecified atom stereocenters. The molecule has 3 aliphatic rings. The maximum Gasteiger partial charge on any atom is 0.573 e. The molecule has 1 aliphatic heterocycles. The number of nitrogens with zero attached hydrogens (tertiary/aromatic N) is 1. The number of hydrogen-bond acceptors (Lipinski definition) is 3. The number of carbonyl (C=O) groups is 1. The summed E-state index contributed by atoms with van der Waals surface area (Å²) in [7, 11) is 0. The molecule has 1 amide bonds. The first-order valence-electron chi connectivity index (χ1n) is 10.4. The second-order valence-electron chi connectivity index (χ2n) is 8.39. The zero-order chi connectivity index (χ0) is 20.9. The number of alkyl halides is 3. The fraction of sp³-hybridized carbons (Fsp3) is 0.435. The van der Waals surface area contributed by atoms with Crippen LogP contribution in [-0.4, -0.2) is 24.4 Å². The van der Waals surface area contributed by atoms with Crippen LogP contribution in [-0.2, 0) is 0 Å². The molecule has 0 saturated heterocycles. The van der Waals surface area contributed by atoms with Crippen LogP contribution in [0.2, 0.25) is 0 Å². The maximum absolute atomic E-state index is 13.5. The van der Waals surface area contributed by atoms with E-state index in [9.17, 15) is 18.0 Å². The third kappa shape index (κ3) is 3.67. The summed E-state index contributed by atoms with van der Waals surface area (Å²) in [5.41, 5.74) is 2.40. The number of amides is 1. The average Bonchev–Trinajstić information content (AvgIpc) is 3.40. The number of carbonyl (C=O) groups excluding carboxylic acids is 1. The number of benzene rings is 2. The summed E-state index contributed by atoms with van der Waals surface area (Å²) in [5.74, 6) is -0.161. The van der Waals surface area contributed by atoms with Gasteiger partial charge in [-0.25, -0.2) is 0 Å². The van der Waals surface area contributed by atoms with Crippen LogP contribution in [0.3, 0.4) is 0 Å². The summed E-state index contributed by atoms with van der Waals surface area (Å²) in [5, 5.41) is 3.79. The second kappa shape index (κ2) is 7.30. The highest BCUT2D eigenvalue weighted by Crippen LogP contribution is 2.49. The number of nitrogens with one attached hydrogen (secondary N) is 1. The second-order valence-corrected chi connectivity index (χ2v) is 8.39. The van der Waals surface area contributed by atoms with Crippen molar-refractivity contribution in [3.8, 4) is 5.75 Å². The number of para-hydroxylation sites is 1. The van der Waals surface area contributed by atoms with Crippen molar-refractivity contribution in [2.75, 3.05) is 4.90 Å². The Hall–Kier alpha value is -2.54. The van der Waals surface area contributed by atoms with E-state index in [1.165, 1.54) is 37.1 Å². The van der Waals surface area contributed by atoms with Gasteiger partial charge in [0.1, 0.15) is 5.75 Å². The Balaban J connectivity index is 1.47. The van der Waals surface area contributed by atoms with Gasteiger partial charge in [-0.15, -0.1) is 13.2 Å². The summed E-state index contributed by atoms with van der Waals surface area (Å²) in [6, 6.07) is 14.1. The van der Waals surface area contributed by atoms with Gasteiger partial charge in [-0.3, -0.25) is 4.79 Å². The normalized spacial score (nSPS) is 25.6. The van der Waals surface area contributed by atoms with Gasteiger partial charge in [0, 0.05) is 29.4 Å². The first kappa shape index (κ1) is 19.4. The van der Waals surface area contributed by atoms with Gasteiger partial charge in [0.2, 0.25) is 0 Å². The van der Waals surface area contributed by atoms with Crippen molar-refractivity contribution >= 4 is 11.6 Å². The molecule has 5 rings (SSSR count). The van der Waals surface area contributed by atoms with Gasteiger partial charge in [0.25, 0.3) is 5.91 Å². The van der Waals surface area contributed by atoms with E-state index in [-0.39, 0.29) is 23.7 Å². The first-order chi connectivity index (χ1) is 14.4. The Labute approximate surface area is 173 Å². The van der Waals surface area contributed by atoms with E-state index in [2.05, 4.69) is 16.1 Å². The topological polar surface area (TPSA) is 41.6 Å². The number of anilines is 1. The zero-order valence-electron chi connectivity index (χ0n) is 16.4. The first-order valence-corrected chi connectivity index (χ1v) is 10.4. The lowest BCUT2D eigenvalue weighted by molar-refractivity contribution is -0.274. The maximum atomic E-state index is 13.5. The fourth-order valence-corrected chi connectivity index (χ4v) is 4.97. The summed E-state index contributed by atoms with van der Waals surface area (Å²) >= 11 is 0. The van der Waals surface area contributed by atoms with Crippen LogP contribution < -0.4 is 15.0 Å². The van der Waals surface area contributed by atoms with E-state index < -0.39 is 6.36 Å². The van der Waals surface area contributed by atoms with Gasteiger partial charge >= 0.3 is 6.36 Å². The minimum Gasteiger partial charge on any atom is -0.406 e. The molecule has 0 spiro atoms. The molecule has 0 radical (unpaired) electrons. The molecule has 1 heterocycles. The van der Waals surface area contributed by atoms with Crippen molar-refractivity contribution in [2.45, 2.75) is 56.6 Å². The smallest absolute Gasteiger partial charge is 0.406 e. The molecular weight excluding hydrogens is 393 g/mol. The Morgan fingerprint density at radius 1 is 1.00 bits per heavy atom. The van der Waals surface area contributed by atoms with Crippen molar-refractivity contribution in [3.63, 3.8) is 0 Å². The van der Waals surface area contributed by atoms with E-state index in [1.54, 1.807) is 0 Å². The molecule has 2 aromatic rings. The molecular formula is C23H23F3N2O2. The molecule has 1 N–H and O–H groups in total. The highest BCUT2D eigenvalue weighted by Gasteiger charge is 2.47. The van der Waals surface area contributed by atoms with E-state index in [0.29, 0.717) is 17.5 Å². The van der Waals surface area contributed by atoms with Crippen LogP contribution >= 0.6 is 0 Å². The molecule has 0 bridgehead atoms. The zero-order valence-corrected chi connectivity index (χ0v) is 16.4. The molecule has 2 fully saturated rings. The van der Waals surface area contributed by atoms with Crippen LogP contribution in [0, 0.1) is 5.92 Å². The molecule has 3 atom stereocenters. The lowest BCUT2D eigenvalue weighted by Crippen LogP contribution is -2.50. The van der Waals surface area contributed by atoms with Crippen molar-refractivity contribution in [1.82, 2.24) is 5.32 Å². The van der Waals surface area contributed by atoms with Crippen molar-refractivity contribution in [2.24, 2.45) is 5.92 Å². The number of hydrogen-bond donors (Lipinski definition) is 1. The van der Waals surface area contributed by atoms with E-state index in [1.807, 2.05) is 23.1 Å². The number of fused-ring (bicyclic) bond motifs is 2. The van der Waals surface area contributed by atoms with Crippen molar-refractivity contribution in [1.29, 1.82) is 0 Å². The SMILES string of the molecule is O=C(c1ccc(OC(F)(F)F)cc1)N1c2ccccc2C(NC2CC2)C2CCCC21. The number of ether oxygens (including phenoxy) is 1. The summed E-state index contributed by atoms with van der Waals surface area (Å²) in [4.78, 5) is 15.4. The minimum absolute atomic E-state index is 0.0924. The van der Waals surface area contributed by atoms with E-state index in [4.69, 9.17) is 0 Å². The highest BCUT2D eigenvalue weighted by molar-refractivity contribution is 6.07. The Bertz CT molecular complexity index is 940. The molecule has 30 heavy (non-hydrogen) atoms. The van der Waals surface area contributed by atoms with Gasteiger partial charge in [-0.1, -0.05) is 24.6 Å². The van der Waals surface area contributed by atoms with Gasteiger partial charge in [-0.05, 0) is 67.5 Å². The van der Waals surface area contributed by atoms with Crippen LogP contribution in [0.4, 0.5) is 18.9 Å². The molecule has 4 nitrogen and oxygen atoms in total. The Kier molecular flexibility index (Phi) is 4.73. The number of rotatable bonds is 4. The standard InChI is InChI=1S/C23H23F3N2O2/c24-23(25,26)30-16-12-8-14(9-13-16)22(29)28-19-6-2-1-4-17(19)21(27-15-10-11-15)18-5-3-7-20(18)28/h1-2,4,6,8-9,12-13,15,18,20-21,27H,3,5,7,10-11H2. The third-order valence-electron chi connectivity index (χ3n) is 6.37. The van der Waals surface area contributed by atoms with Crippen LogP contribution in [0.1, 0.15) is 54.1 Å². The van der Waals surface area contributed by atoms with Gasteiger partial charge in [-0.2, -0.15) is 0 Å². The molecule has 158 valence electrons. The quantitative estimate of drug-likeness (QED) is 0.744. The fourth-order valence-electron chi connectivity index (χ4n) is 4.97. The largest absolute Gasteiger partial charge is 0.573 e. The van der Waals surface area contributed by atoms with Crippen LogP contribution in [0.5, 0.6) is 5.75 Å². The molecule has 2 aliphatic carbocycles. The Morgan fingerprint density at radius 2 is 1.73 bits per heavy atom. The lowest BCUT2D eigenvalue weighted by atomic mass is 9.82. The lowest BCUT2D eigenvalue weighted by Gasteiger charge is -2.44. The highest BCUT2D eigenvalue weighted by atomic mass is 19.4. The minimum atomic E-state index is -4.75. The van der Waals surface area contributed by atoms with Gasteiger partial charge < -0.3 is 15.0 Å². The third-order valence-corrected chi connectivity index (χ3v) is 6.37. The average molecular weight is 416 g/mol. The van der Waals surface area contributed by atoms with Crippen molar-refractivity contribution < 1.29 is 22.7 Å². The summed E-state index contributed by atoms with van der Waals surface area (Å²) in [6.07, 6.45) is 0.705. The van der Waals surface area contributed by atoms with E-state index >= 15 is 0 Å². The monoisotopic (exact) mass is 416 g/mol. The van der Waals surface area contributed by atoms with Crippen LogP contribution in [0.25, 0.3) is 0 Å². The summed E-state index contributed by atoms with van der Waals surface area (Å²) < 4.78 is 41.2. The van der Waals surface area contributed by atoms with Gasteiger partial charge in [0.15, 0.2) is 0 Å². The molecule has 2 aromatic carbocycles. The predicted molar refractivity (Wildman–Crippen MR) is 106 cm³/mol. The van der Waals surface area contributed by atoms with Gasteiger partial charge in [0.05, 0.1) is 0 Å². The Morgan fingerprint density at radius 3 is 2.43 bits per heavy atom.